The maximum atomic E-state index is 11.9. The molecule has 0 radical (unpaired) electrons. The van der Waals surface area contributed by atoms with E-state index < -0.39 is 0 Å². The fraction of sp³-hybridized carbons (Fsp3) is 0.889. The van der Waals surface area contributed by atoms with Gasteiger partial charge in [0.2, 0.25) is 0 Å². The molecule has 0 aromatic rings. The molecule has 0 aliphatic carbocycles. The highest BCUT2D eigenvalue weighted by Gasteiger charge is 2.10. The van der Waals surface area contributed by atoms with Crippen LogP contribution in [0.5, 0.6) is 0 Å². The molecule has 0 N–H and O–H groups in total. The summed E-state index contributed by atoms with van der Waals surface area (Å²) in [6.45, 7) is 4.38. The Balaban J connectivity index is 3.39. The predicted molar refractivity (Wildman–Crippen MR) is 171 cm³/mol. The van der Waals surface area contributed by atoms with Crippen molar-refractivity contribution in [3.05, 3.63) is 0 Å². The number of ketones is 2. The standard InChI is InChI=1S/C36H66O5/c1-3-5-7-21-27-33(37)29-23-17-13-9-11-15-19-25-31-35(39)41-36(40)32-26-20-16-12-10-14-18-24-30-34(38)28-22-8-6-4-2/h3-32H2,1-2H3. The minimum Gasteiger partial charge on any atom is -0.393 e. The van der Waals surface area contributed by atoms with Crippen molar-refractivity contribution in [2.45, 2.75) is 206 Å². The van der Waals surface area contributed by atoms with E-state index in [0.29, 0.717) is 24.4 Å². The van der Waals surface area contributed by atoms with Crippen molar-refractivity contribution in [3.8, 4) is 0 Å². The van der Waals surface area contributed by atoms with Crippen LogP contribution < -0.4 is 0 Å². The molecule has 0 aromatic heterocycles. The Morgan fingerprint density at radius 2 is 0.537 bits per heavy atom. The molecule has 0 fully saturated rings. The van der Waals surface area contributed by atoms with Gasteiger partial charge in [0.05, 0.1) is 0 Å². The van der Waals surface area contributed by atoms with Gasteiger partial charge in [0.1, 0.15) is 11.6 Å². The number of Topliss-reactive ketones (excluding diaryl/α,β-unsaturated/α-hetero) is 2. The van der Waals surface area contributed by atoms with E-state index in [1.54, 1.807) is 0 Å². The molecule has 5 heteroatoms. The summed E-state index contributed by atoms with van der Waals surface area (Å²) in [5.74, 6) is 0.104. The lowest BCUT2D eigenvalue weighted by molar-refractivity contribution is -0.159. The maximum Gasteiger partial charge on any atom is 0.313 e. The molecule has 0 bridgehead atoms. The molecule has 0 amide bonds. The normalized spacial score (nSPS) is 11.1. The first-order valence-corrected chi connectivity index (χ1v) is 17.8. The SMILES string of the molecule is CCCCCCC(=O)CCCCCCCCCCC(=O)OC(=O)CCCCCCCCCCC(=O)CCCCCC. The van der Waals surface area contributed by atoms with E-state index in [9.17, 15) is 19.2 Å². The summed E-state index contributed by atoms with van der Waals surface area (Å²) >= 11 is 0. The minimum atomic E-state index is -0.381. The van der Waals surface area contributed by atoms with Crippen LogP contribution in [0.25, 0.3) is 0 Å². The molecule has 0 saturated carbocycles. The van der Waals surface area contributed by atoms with E-state index in [1.165, 1.54) is 64.2 Å². The number of esters is 2. The second-order valence-electron chi connectivity index (χ2n) is 12.2. The van der Waals surface area contributed by atoms with E-state index in [-0.39, 0.29) is 11.9 Å². The summed E-state index contributed by atoms with van der Waals surface area (Å²) in [5.41, 5.74) is 0. The molecule has 0 aliphatic heterocycles. The zero-order valence-electron chi connectivity index (χ0n) is 27.3. The first-order chi connectivity index (χ1) is 20.0. The van der Waals surface area contributed by atoms with Crippen molar-refractivity contribution < 1.29 is 23.9 Å². The predicted octanol–water partition coefficient (Wildman–Crippen LogP) is 10.9. The van der Waals surface area contributed by atoms with Gasteiger partial charge in [-0.3, -0.25) is 19.2 Å². The average molecular weight is 579 g/mol. The Morgan fingerprint density at radius 1 is 0.317 bits per heavy atom. The molecule has 240 valence electrons. The first kappa shape index (κ1) is 39.5. The molecule has 0 heterocycles. The summed E-state index contributed by atoms with van der Waals surface area (Å²) in [6, 6.07) is 0. The van der Waals surface area contributed by atoms with Gasteiger partial charge >= 0.3 is 11.9 Å². The van der Waals surface area contributed by atoms with Gasteiger partial charge in [-0.05, 0) is 38.5 Å². The van der Waals surface area contributed by atoms with Gasteiger partial charge in [-0.15, -0.1) is 0 Å². The van der Waals surface area contributed by atoms with Gasteiger partial charge in [-0.25, -0.2) is 0 Å². The highest BCUT2D eigenvalue weighted by molar-refractivity contribution is 5.85. The van der Waals surface area contributed by atoms with Crippen LogP contribution >= 0.6 is 0 Å². The molecule has 0 aliphatic rings. The van der Waals surface area contributed by atoms with Crippen LogP contribution in [0.2, 0.25) is 0 Å². The van der Waals surface area contributed by atoms with Crippen LogP contribution in [0.15, 0.2) is 0 Å². The monoisotopic (exact) mass is 578 g/mol. The molecule has 0 aromatic carbocycles. The molecular formula is C36H66O5. The molecule has 41 heavy (non-hydrogen) atoms. The Hall–Kier alpha value is -1.52. The fourth-order valence-electron chi connectivity index (χ4n) is 5.28. The van der Waals surface area contributed by atoms with Crippen molar-refractivity contribution in [1.82, 2.24) is 0 Å². The highest BCUT2D eigenvalue weighted by atomic mass is 16.6. The molecule has 5 nitrogen and oxygen atoms in total. The fourth-order valence-corrected chi connectivity index (χ4v) is 5.28. The molecule has 0 saturated heterocycles. The van der Waals surface area contributed by atoms with Crippen LogP contribution in [0.4, 0.5) is 0 Å². The lowest BCUT2D eigenvalue weighted by Crippen LogP contribution is -2.11. The minimum absolute atomic E-state index is 0.330. The molecule has 0 unspecified atom stereocenters. The van der Waals surface area contributed by atoms with Gasteiger partial charge in [0.25, 0.3) is 0 Å². The number of carbonyl (C=O) groups is 4. The summed E-state index contributed by atoms with van der Waals surface area (Å²) in [5, 5.41) is 0. The van der Waals surface area contributed by atoms with E-state index in [0.717, 1.165) is 116 Å². The van der Waals surface area contributed by atoms with Gasteiger partial charge in [0, 0.05) is 38.5 Å². The van der Waals surface area contributed by atoms with Crippen molar-refractivity contribution >= 4 is 23.5 Å². The maximum absolute atomic E-state index is 11.9. The number of ether oxygens (including phenoxy) is 1. The second-order valence-corrected chi connectivity index (χ2v) is 12.2. The summed E-state index contributed by atoms with van der Waals surface area (Å²) in [6.07, 6.45) is 30.2. The van der Waals surface area contributed by atoms with Crippen molar-refractivity contribution in [2.75, 3.05) is 0 Å². The van der Waals surface area contributed by atoms with Crippen LogP contribution in [0, 0.1) is 0 Å². The van der Waals surface area contributed by atoms with Crippen molar-refractivity contribution in [1.29, 1.82) is 0 Å². The zero-order valence-corrected chi connectivity index (χ0v) is 27.3. The number of unbranched alkanes of at least 4 members (excludes halogenated alkanes) is 20. The largest absolute Gasteiger partial charge is 0.393 e. The van der Waals surface area contributed by atoms with E-state index in [2.05, 4.69) is 13.8 Å². The van der Waals surface area contributed by atoms with Crippen molar-refractivity contribution in [3.63, 3.8) is 0 Å². The van der Waals surface area contributed by atoms with E-state index >= 15 is 0 Å². The summed E-state index contributed by atoms with van der Waals surface area (Å²) in [7, 11) is 0. The van der Waals surface area contributed by atoms with Gasteiger partial charge in [-0.2, -0.15) is 0 Å². The van der Waals surface area contributed by atoms with Crippen LogP contribution in [0.3, 0.4) is 0 Å². The third-order valence-electron chi connectivity index (χ3n) is 8.02. The Morgan fingerprint density at radius 3 is 0.805 bits per heavy atom. The topological polar surface area (TPSA) is 77.5 Å². The van der Waals surface area contributed by atoms with Gasteiger partial charge in [0.15, 0.2) is 0 Å². The lowest BCUT2D eigenvalue weighted by Gasteiger charge is -2.05. The number of rotatable bonds is 32. The van der Waals surface area contributed by atoms with Crippen LogP contribution in [-0.4, -0.2) is 23.5 Å². The van der Waals surface area contributed by atoms with Crippen LogP contribution in [-0.2, 0) is 23.9 Å². The lowest BCUT2D eigenvalue weighted by atomic mass is 10.0. The van der Waals surface area contributed by atoms with Crippen molar-refractivity contribution in [2.24, 2.45) is 0 Å². The molecule has 0 spiro atoms. The third-order valence-corrected chi connectivity index (χ3v) is 8.02. The van der Waals surface area contributed by atoms with Gasteiger partial charge < -0.3 is 4.74 Å². The van der Waals surface area contributed by atoms with Crippen LogP contribution in [0.1, 0.15) is 206 Å². The number of carbonyl (C=O) groups excluding carboxylic acids is 4. The molecule has 0 atom stereocenters. The highest BCUT2D eigenvalue weighted by Crippen LogP contribution is 2.14. The number of hydrogen-bond donors (Lipinski definition) is 0. The molecular weight excluding hydrogens is 512 g/mol. The average Bonchev–Trinajstić information content (AvgIpc) is 2.95. The summed E-state index contributed by atoms with van der Waals surface area (Å²) in [4.78, 5) is 47.5. The smallest absolute Gasteiger partial charge is 0.313 e. The summed E-state index contributed by atoms with van der Waals surface area (Å²) < 4.78 is 4.97. The first-order valence-electron chi connectivity index (χ1n) is 17.8. The van der Waals surface area contributed by atoms with Gasteiger partial charge in [-0.1, -0.05) is 129 Å². The second kappa shape index (κ2) is 31.4. The molecule has 0 rings (SSSR count). The Bertz CT molecular complexity index is 588. The third kappa shape index (κ3) is 31.3. The van der Waals surface area contributed by atoms with E-state index in [4.69, 9.17) is 4.74 Å². The quantitative estimate of drug-likeness (QED) is 0.0450. The zero-order chi connectivity index (χ0) is 30.2. The Labute approximate surface area is 253 Å². The Kier molecular flexibility index (Phi) is 30.3. The number of hydrogen-bond acceptors (Lipinski definition) is 5. The van der Waals surface area contributed by atoms with E-state index in [1.807, 2.05) is 0 Å².